The second kappa shape index (κ2) is 11.9. The summed E-state index contributed by atoms with van der Waals surface area (Å²) < 4.78 is 56.3. The van der Waals surface area contributed by atoms with Gasteiger partial charge in [-0.1, -0.05) is 48.9 Å². The normalized spacial score (nSPS) is 11.6. The van der Waals surface area contributed by atoms with Gasteiger partial charge < -0.3 is 5.32 Å². The molecule has 0 aliphatic rings. The van der Waals surface area contributed by atoms with Crippen molar-refractivity contribution < 1.29 is 21.6 Å². The second-order valence-electron chi connectivity index (χ2n) is 9.39. The summed E-state index contributed by atoms with van der Waals surface area (Å²) >= 11 is 0. The van der Waals surface area contributed by atoms with Crippen molar-refractivity contribution >= 4 is 43.0 Å². The molecule has 10 heteroatoms. The van der Waals surface area contributed by atoms with Crippen LogP contribution in [0.1, 0.15) is 23.6 Å². The van der Waals surface area contributed by atoms with Crippen LogP contribution in [0.4, 0.5) is 17.1 Å². The molecule has 0 aliphatic carbocycles. The zero-order chi connectivity index (χ0) is 28.9. The molecule has 0 aromatic heterocycles. The van der Waals surface area contributed by atoms with Crippen LogP contribution in [0, 0.1) is 13.8 Å². The Labute approximate surface area is 235 Å². The number of carbonyl (C=O) groups excluding carboxylic acids is 1. The fourth-order valence-corrected chi connectivity index (χ4v) is 6.49. The molecule has 0 radical (unpaired) electrons. The largest absolute Gasteiger partial charge is 0.325 e. The lowest BCUT2D eigenvalue weighted by atomic mass is 10.1. The molecule has 1 amide bonds. The Morgan fingerprint density at radius 2 is 1.35 bits per heavy atom. The Hall–Kier alpha value is -4.15. The third-order valence-corrected chi connectivity index (χ3v) is 9.43. The Kier molecular flexibility index (Phi) is 8.61. The molecule has 4 rings (SSSR count). The number of hydrogen-bond acceptors (Lipinski definition) is 5. The molecule has 4 aromatic rings. The summed E-state index contributed by atoms with van der Waals surface area (Å²) in [6.45, 7) is 5.25. The zero-order valence-corrected chi connectivity index (χ0v) is 24.1. The molecule has 0 saturated carbocycles. The van der Waals surface area contributed by atoms with Crippen molar-refractivity contribution in [2.24, 2.45) is 0 Å². The Morgan fingerprint density at radius 3 is 1.95 bits per heavy atom. The standard InChI is InChI=1S/C30H31N3O5S2/c1-4-24-10-14-27(15-11-24)33(40(37,38)29-16-8-22(2)9-17-29)21-30(34)31-25-12-18-28(19-13-25)39(35,36)32-26-7-5-6-23(3)20-26/h5-20,32H,4,21H2,1-3H3,(H,31,34). The molecule has 0 bridgehead atoms. The van der Waals surface area contributed by atoms with Crippen LogP contribution >= 0.6 is 0 Å². The molecule has 0 saturated heterocycles. The minimum Gasteiger partial charge on any atom is -0.325 e. The van der Waals surface area contributed by atoms with Gasteiger partial charge in [0.2, 0.25) is 5.91 Å². The van der Waals surface area contributed by atoms with E-state index >= 15 is 0 Å². The van der Waals surface area contributed by atoms with Gasteiger partial charge in [-0.15, -0.1) is 0 Å². The number of aryl methyl sites for hydroxylation is 3. The minimum atomic E-state index is -4.05. The summed E-state index contributed by atoms with van der Waals surface area (Å²) in [6.07, 6.45) is 0.789. The number of benzene rings is 4. The molecule has 208 valence electrons. The van der Waals surface area contributed by atoms with Crippen LogP contribution in [-0.2, 0) is 31.3 Å². The third-order valence-electron chi connectivity index (χ3n) is 6.25. The van der Waals surface area contributed by atoms with Gasteiger partial charge in [0.15, 0.2) is 0 Å². The molecule has 40 heavy (non-hydrogen) atoms. The second-order valence-corrected chi connectivity index (χ2v) is 12.9. The highest BCUT2D eigenvalue weighted by Crippen LogP contribution is 2.25. The van der Waals surface area contributed by atoms with E-state index in [0.717, 1.165) is 27.4 Å². The fraction of sp³-hybridized carbons (Fsp3) is 0.167. The first kappa shape index (κ1) is 28.8. The topological polar surface area (TPSA) is 113 Å². The number of nitrogens with zero attached hydrogens (tertiary/aromatic N) is 1. The molecule has 8 nitrogen and oxygen atoms in total. The number of carbonyl (C=O) groups is 1. The van der Waals surface area contributed by atoms with Crippen molar-refractivity contribution in [3.8, 4) is 0 Å². The van der Waals surface area contributed by atoms with Gasteiger partial charge in [0.1, 0.15) is 6.54 Å². The number of sulfonamides is 2. The molecule has 0 unspecified atom stereocenters. The predicted octanol–water partition coefficient (Wildman–Crippen LogP) is 5.50. The van der Waals surface area contributed by atoms with Crippen LogP contribution in [0.15, 0.2) is 107 Å². The fourth-order valence-electron chi connectivity index (χ4n) is 4.02. The number of rotatable bonds is 10. The summed E-state index contributed by atoms with van der Waals surface area (Å²) in [7, 11) is -7.89. The zero-order valence-electron chi connectivity index (χ0n) is 22.5. The van der Waals surface area contributed by atoms with E-state index in [-0.39, 0.29) is 9.79 Å². The summed E-state index contributed by atoms with van der Waals surface area (Å²) in [4.78, 5) is 13.1. The lowest BCUT2D eigenvalue weighted by molar-refractivity contribution is -0.114. The van der Waals surface area contributed by atoms with Gasteiger partial charge in [0, 0.05) is 11.4 Å². The van der Waals surface area contributed by atoms with Crippen molar-refractivity contribution in [2.75, 3.05) is 20.9 Å². The number of nitrogens with one attached hydrogen (secondary N) is 2. The molecule has 0 aliphatic heterocycles. The molecule has 0 heterocycles. The highest BCUT2D eigenvalue weighted by atomic mass is 32.2. The monoisotopic (exact) mass is 577 g/mol. The van der Waals surface area contributed by atoms with Crippen LogP contribution in [0.2, 0.25) is 0 Å². The van der Waals surface area contributed by atoms with Crippen LogP contribution < -0.4 is 14.3 Å². The highest BCUT2D eigenvalue weighted by molar-refractivity contribution is 7.93. The van der Waals surface area contributed by atoms with Gasteiger partial charge in [0.05, 0.1) is 15.5 Å². The number of amides is 1. The maximum absolute atomic E-state index is 13.6. The van der Waals surface area contributed by atoms with E-state index in [1.54, 1.807) is 42.5 Å². The lowest BCUT2D eigenvalue weighted by Gasteiger charge is -2.24. The molecule has 0 fully saturated rings. The van der Waals surface area contributed by atoms with Crippen LogP contribution in [-0.4, -0.2) is 29.3 Å². The van der Waals surface area contributed by atoms with E-state index in [1.807, 2.05) is 39.0 Å². The summed E-state index contributed by atoms with van der Waals surface area (Å²) in [6, 6.07) is 26.1. The number of hydrogen-bond donors (Lipinski definition) is 2. The maximum Gasteiger partial charge on any atom is 0.264 e. The SMILES string of the molecule is CCc1ccc(N(CC(=O)Nc2ccc(S(=O)(=O)Nc3cccc(C)c3)cc2)S(=O)(=O)c2ccc(C)cc2)cc1. The summed E-state index contributed by atoms with van der Waals surface area (Å²) in [5, 5.41) is 2.67. The minimum absolute atomic E-state index is 0.0200. The van der Waals surface area contributed by atoms with Crippen LogP contribution in [0.5, 0.6) is 0 Å². The van der Waals surface area contributed by atoms with E-state index in [1.165, 1.54) is 36.4 Å². The average Bonchev–Trinajstić information content (AvgIpc) is 2.92. The predicted molar refractivity (Wildman–Crippen MR) is 159 cm³/mol. The maximum atomic E-state index is 13.6. The van der Waals surface area contributed by atoms with Gasteiger partial charge in [0.25, 0.3) is 20.0 Å². The molecule has 0 atom stereocenters. The first-order valence-corrected chi connectivity index (χ1v) is 15.6. The first-order chi connectivity index (χ1) is 19.0. The van der Waals surface area contributed by atoms with Crippen molar-refractivity contribution in [1.29, 1.82) is 0 Å². The quantitative estimate of drug-likeness (QED) is 0.258. The van der Waals surface area contributed by atoms with Gasteiger partial charge >= 0.3 is 0 Å². The van der Waals surface area contributed by atoms with Crippen molar-refractivity contribution in [2.45, 2.75) is 37.0 Å². The highest BCUT2D eigenvalue weighted by Gasteiger charge is 2.27. The molecule has 4 aromatic carbocycles. The van der Waals surface area contributed by atoms with Crippen molar-refractivity contribution in [1.82, 2.24) is 0 Å². The van der Waals surface area contributed by atoms with Gasteiger partial charge in [-0.2, -0.15) is 0 Å². The van der Waals surface area contributed by atoms with Gasteiger partial charge in [-0.25, -0.2) is 16.8 Å². The molecular formula is C30H31N3O5S2. The number of anilines is 3. The Morgan fingerprint density at radius 1 is 0.725 bits per heavy atom. The van der Waals surface area contributed by atoms with Crippen LogP contribution in [0.3, 0.4) is 0 Å². The van der Waals surface area contributed by atoms with Crippen molar-refractivity contribution in [3.63, 3.8) is 0 Å². The Bertz CT molecular complexity index is 1700. The lowest BCUT2D eigenvalue weighted by Crippen LogP contribution is -2.38. The van der Waals surface area contributed by atoms with Gasteiger partial charge in [-0.05, 0) is 92.1 Å². The molecular weight excluding hydrogens is 546 g/mol. The summed E-state index contributed by atoms with van der Waals surface area (Å²) in [5.41, 5.74) is 3.99. The molecule has 2 N–H and O–H groups in total. The Balaban J connectivity index is 1.53. The molecule has 0 spiro atoms. The average molecular weight is 578 g/mol. The third kappa shape index (κ3) is 6.88. The van der Waals surface area contributed by atoms with E-state index in [2.05, 4.69) is 10.0 Å². The smallest absolute Gasteiger partial charge is 0.264 e. The van der Waals surface area contributed by atoms with E-state index < -0.39 is 32.5 Å². The van der Waals surface area contributed by atoms with E-state index in [0.29, 0.717) is 17.1 Å². The van der Waals surface area contributed by atoms with Crippen LogP contribution in [0.25, 0.3) is 0 Å². The first-order valence-electron chi connectivity index (χ1n) is 12.7. The van der Waals surface area contributed by atoms with E-state index in [9.17, 15) is 21.6 Å². The van der Waals surface area contributed by atoms with Gasteiger partial charge in [-0.3, -0.25) is 13.8 Å². The van der Waals surface area contributed by atoms with Crippen molar-refractivity contribution in [3.05, 3.63) is 114 Å². The summed E-state index contributed by atoms with van der Waals surface area (Å²) in [5.74, 6) is -0.580. The van der Waals surface area contributed by atoms with E-state index in [4.69, 9.17) is 0 Å².